The number of benzene rings is 2. The first-order valence-electron chi connectivity index (χ1n) is 13.1. The summed E-state index contributed by atoms with van der Waals surface area (Å²) in [6.45, 7) is 3.90. The van der Waals surface area contributed by atoms with Gasteiger partial charge in [0.2, 0.25) is 5.91 Å². The van der Waals surface area contributed by atoms with Gasteiger partial charge >= 0.3 is 0 Å². The van der Waals surface area contributed by atoms with Crippen LogP contribution in [0, 0.1) is 11.8 Å². The Morgan fingerprint density at radius 2 is 1.46 bits per heavy atom. The molecule has 2 unspecified atom stereocenters. The van der Waals surface area contributed by atoms with Gasteiger partial charge in [0.1, 0.15) is 0 Å². The van der Waals surface area contributed by atoms with Gasteiger partial charge in [0.25, 0.3) is 0 Å². The van der Waals surface area contributed by atoms with E-state index in [-0.39, 0.29) is 17.7 Å². The van der Waals surface area contributed by atoms with E-state index >= 15 is 0 Å². The van der Waals surface area contributed by atoms with Crippen molar-refractivity contribution in [3.8, 4) is 11.5 Å². The van der Waals surface area contributed by atoms with Crippen LogP contribution in [0.15, 0.2) is 47.6 Å². The maximum absolute atomic E-state index is 13.5. The second-order valence-electron chi connectivity index (χ2n) is 10.1. The van der Waals surface area contributed by atoms with Crippen molar-refractivity contribution < 1.29 is 14.3 Å². The molecule has 0 bridgehead atoms. The number of nitrogens with zero attached hydrogens (tertiary/aromatic N) is 3. The maximum atomic E-state index is 13.5. The van der Waals surface area contributed by atoms with E-state index in [9.17, 15) is 4.79 Å². The Labute approximate surface area is 208 Å². The topological polar surface area (TPSA) is 54.4 Å². The number of hydrazone groups is 1. The minimum atomic E-state index is 0.00252. The SMILES string of the molecule is COc1ccc(C2=NN(Cc3ccc(CN4CCCCC4)cc3)C(=O)C3CCCCC23)cc1OC. The molecule has 2 aromatic rings. The van der Waals surface area contributed by atoms with Crippen LogP contribution in [0.25, 0.3) is 0 Å². The van der Waals surface area contributed by atoms with E-state index in [1.165, 1.54) is 37.9 Å². The third-order valence-corrected chi connectivity index (χ3v) is 7.81. The van der Waals surface area contributed by atoms with Crippen molar-refractivity contribution in [2.24, 2.45) is 16.9 Å². The predicted molar refractivity (Wildman–Crippen MR) is 138 cm³/mol. The summed E-state index contributed by atoms with van der Waals surface area (Å²) in [5.41, 5.74) is 4.46. The minimum Gasteiger partial charge on any atom is -0.493 e. The summed E-state index contributed by atoms with van der Waals surface area (Å²) in [6, 6.07) is 14.7. The average molecular weight is 476 g/mol. The molecule has 2 fully saturated rings. The van der Waals surface area contributed by atoms with Gasteiger partial charge in [-0.2, -0.15) is 5.10 Å². The van der Waals surface area contributed by atoms with Crippen LogP contribution in [0.1, 0.15) is 61.6 Å². The molecule has 0 radical (unpaired) electrons. The normalized spacial score (nSPS) is 23.0. The van der Waals surface area contributed by atoms with E-state index in [1.54, 1.807) is 19.2 Å². The van der Waals surface area contributed by atoms with Crippen LogP contribution in [-0.4, -0.2) is 48.8 Å². The minimum absolute atomic E-state index is 0.00252. The molecule has 6 heteroatoms. The van der Waals surface area contributed by atoms with Crippen molar-refractivity contribution in [1.82, 2.24) is 9.91 Å². The molecule has 35 heavy (non-hydrogen) atoms. The van der Waals surface area contributed by atoms with E-state index in [2.05, 4.69) is 29.2 Å². The number of carbonyl (C=O) groups is 1. The zero-order valence-corrected chi connectivity index (χ0v) is 21.0. The molecule has 2 aliphatic heterocycles. The van der Waals surface area contributed by atoms with Gasteiger partial charge in [-0.3, -0.25) is 9.69 Å². The van der Waals surface area contributed by atoms with Gasteiger partial charge < -0.3 is 9.47 Å². The van der Waals surface area contributed by atoms with Crippen molar-refractivity contribution in [3.63, 3.8) is 0 Å². The van der Waals surface area contributed by atoms with E-state index < -0.39 is 0 Å². The molecule has 6 nitrogen and oxygen atoms in total. The van der Waals surface area contributed by atoms with Gasteiger partial charge in [-0.15, -0.1) is 0 Å². The number of carbonyl (C=O) groups excluding carboxylic acids is 1. The number of methoxy groups -OCH3 is 2. The molecule has 1 amide bonds. The van der Waals surface area contributed by atoms with Gasteiger partial charge in [-0.1, -0.05) is 43.5 Å². The molecule has 0 N–H and O–H groups in total. The first-order chi connectivity index (χ1) is 17.2. The molecule has 1 aliphatic carbocycles. The molecule has 2 heterocycles. The van der Waals surface area contributed by atoms with Gasteiger partial charge in [0, 0.05) is 23.9 Å². The molecule has 5 rings (SSSR count). The van der Waals surface area contributed by atoms with Gasteiger partial charge in [0.05, 0.1) is 26.5 Å². The van der Waals surface area contributed by atoms with Crippen molar-refractivity contribution in [1.29, 1.82) is 0 Å². The van der Waals surface area contributed by atoms with Crippen molar-refractivity contribution >= 4 is 11.6 Å². The number of piperidine rings is 1. The molecule has 2 aromatic carbocycles. The first-order valence-corrected chi connectivity index (χ1v) is 13.1. The van der Waals surface area contributed by atoms with Gasteiger partial charge in [0.15, 0.2) is 11.5 Å². The second kappa shape index (κ2) is 10.8. The summed E-state index contributed by atoms with van der Waals surface area (Å²) < 4.78 is 11.0. The lowest BCUT2D eigenvalue weighted by molar-refractivity contribution is -0.139. The van der Waals surface area contributed by atoms with E-state index in [0.29, 0.717) is 18.0 Å². The van der Waals surface area contributed by atoms with Crippen LogP contribution in [0.3, 0.4) is 0 Å². The number of likely N-dealkylation sites (tertiary alicyclic amines) is 1. The highest BCUT2D eigenvalue weighted by Gasteiger charge is 2.41. The van der Waals surface area contributed by atoms with Crippen LogP contribution in [0.5, 0.6) is 11.5 Å². The standard InChI is InChI=1S/C29H37N3O3/c1-34-26-15-14-23(18-27(26)35-2)28-24-8-4-5-9-25(24)29(33)32(30-28)20-22-12-10-21(11-13-22)19-31-16-6-3-7-17-31/h10-15,18,24-25H,3-9,16-17,19-20H2,1-2H3. The molecule has 3 aliphatic rings. The Hall–Kier alpha value is -2.86. The number of rotatable bonds is 7. The van der Waals surface area contributed by atoms with Gasteiger partial charge in [-0.25, -0.2) is 5.01 Å². The summed E-state index contributed by atoms with van der Waals surface area (Å²) >= 11 is 0. The zero-order valence-electron chi connectivity index (χ0n) is 21.0. The van der Waals surface area contributed by atoms with E-state index in [0.717, 1.165) is 49.1 Å². The number of fused-ring (bicyclic) bond motifs is 1. The van der Waals surface area contributed by atoms with Crippen LogP contribution >= 0.6 is 0 Å². The average Bonchev–Trinajstić information content (AvgIpc) is 2.91. The molecule has 186 valence electrons. The number of amides is 1. The lowest BCUT2D eigenvalue weighted by Crippen LogP contribution is -2.45. The fraction of sp³-hybridized carbons (Fsp3) is 0.517. The number of hydrogen-bond acceptors (Lipinski definition) is 5. The Kier molecular flexibility index (Phi) is 7.37. The zero-order chi connectivity index (χ0) is 24.2. The Morgan fingerprint density at radius 3 is 2.14 bits per heavy atom. The third kappa shape index (κ3) is 5.22. The third-order valence-electron chi connectivity index (χ3n) is 7.81. The molecule has 0 spiro atoms. The van der Waals surface area contributed by atoms with E-state index in [1.807, 2.05) is 18.2 Å². The fourth-order valence-electron chi connectivity index (χ4n) is 5.88. The van der Waals surface area contributed by atoms with Gasteiger partial charge in [-0.05, 0) is 68.1 Å². The second-order valence-corrected chi connectivity index (χ2v) is 10.1. The largest absolute Gasteiger partial charge is 0.493 e. The maximum Gasteiger partial charge on any atom is 0.246 e. The highest BCUT2D eigenvalue weighted by Crippen LogP contribution is 2.39. The quantitative estimate of drug-likeness (QED) is 0.549. The summed E-state index contributed by atoms with van der Waals surface area (Å²) in [7, 11) is 3.30. The molecular formula is C29H37N3O3. The predicted octanol–water partition coefficient (Wildman–Crippen LogP) is 5.24. The van der Waals surface area contributed by atoms with Crippen molar-refractivity contribution in [2.75, 3.05) is 27.3 Å². The lowest BCUT2D eigenvalue weighted by atomic mass is 9.73. The van der Waals surface area contributed by atoms with Crippen molar-refractivity contribution in [3.05, 3.63) is 59.2 Å². The van der Waals surface area contributed by atoms with Crippen LogP contribution in [0.4, 0.5) is 0 Å². The Morgan fingerprint density at radius 1 is 0.800 bits per heavy atom. The smallest absolute Gasteiger partial charge is 0.246 e. The molecule has 1 saturated carbocycles. The summed E-state index contributed by atoms with van der Waals surface area (Å²) in [6.07, 6.45) is 8.14. The highest BCUT2D eigenvalue weighted by atomic mass is 16.5. The molecular weight excluding hydrogens is 438 g/mol. The van der Waals surface area contributed by atoms with Crippen LogP contribution in [0.2, 0.25) is 0 Å². The van der Waals surface area contributed by atoms with Crippen LogP contribution in [-0.2, 0) is 17.9 Å². The molecule has 2 atom stereocenters. The molecule has 1 saturated heterocycles. The molecule has 0 aromatic heterocycles. The fourth-order valence-corrected chi connectivity index (χ4v) is 5.88. The van der Waals surface area contributed by atoms with E-state index in [4.69, 9.17) is 14.6 Å². The Bertz CT molecular complexity index is 1060. The monoisotopic (exact) mass is 475 g/mol. The first kappa shape index (κ1) is 23.9. The number of hydrogen-bond donors (Lipinski definition) is 0. The highest BCUT2D eigenvalue weighted by molar-refractivity contribution is 6.07. The summed E-state index contributed by atoms with van der Waals surface area (Å²) in [5.74, 6) is 1.72. The summed E-state index contributed by atoms with van der Waals surface area (Å²) in [5, 5.41) is 6.66. The lowest BCUT2D eigenvalue weighted by Gasteiger charge is -2.38. The summed E-state index contributed by atoms with van der Waals surface area (Å²) in [4.78, 5) is 16.0. The number of ether oxygens (including phenoxy) is 2. The van der Waals surface area contributed by atoms with Crippen molar-refractivity contribution in [2.45, 2.75) is 58.0 Å². The van der Waals surface area contributed by atoms with Crippen LogP contribution < -0.4 is 9.47 Å². The Balaban J connectivity index is 1.38.